The summed E-state index contributed by atoms with van der Waals surface area (Å²) in [5.41, 5.74) is -0.860. The Balaban J connectivity index is 2.27. The van der Waals surface area contributed by atoms with E-state index in [1.165, 1.54) is 18.2 Å². The second kappa shape index (κ2) is 6.22. The molecule has 0 atom stereocenters. The number of nitriles is 1. The van der Waals surface area contributed by atoms with Crippen LogP contribution in [0.4, 0.5) is 5.69 Å². The van der Waals surface area contributed by atoms with Crippen molar-refractivity contribution in [3.8, 4) is 6.07 Å². The van der Waals surface area contributed by atoms with E-state index in [2.05, 4.69) is 27.3 Å². The Morgan fingerprint density at radius 3 is 2.62 bits per heavy atom. The van der Waals surface area contributed by atoms with E-state index in [9.17, 15) is 20.2 Å². The monoisotopic (exact) mass is 351 g/mol. The van der Waals surface area contributed by atoms with Gasteiger partial charge in [-0.1, -0.05) is 25.3 Å². The molecule has 1 aliphatic carbocycles. The highest BCUT2D eigenvalue weighted by Crippen LogP contribution is 2.31. The number of hydrogen-bond donors (Lipinski definition) is 1. The van der Waals surface area contributed by atoms with Crippen molar-refractivity contribution >= 4 is 27.5 Å². The Morgan fingerprint density at radius 2 is 2.05 bits per heavy atom. The highest BCUT2D eigenvalue weighted by atomic mass is 79.9. The Kier molecular flexibility index (Phi) is 4.58. The van der Waals surface area contributed by atoms with Gasteiger partial charge < -0.3 is 5.32 Å². The van der Waals surface area contributed by atoms with Crippen molar-refractivity contribution in [1.82, 2.24) is 5.32 Å². The maximum atomic E-state index is 12.4. The molecule has 0 aromatic heterocycles. The van der Waals surface area contributed by atoms with Gasteiger partial charge in [0.1, 0.15) is 10.0 Å². The maximum absolute atomic E-state index is 12.4. The maximum Gasteiger partial charge on any atom is 0.284 e. The van der Waals surface area contributed by atoms with Crippen molar-refractivity contribution in [3.05, 3.63) is 38.3 Å². The molecule has 0 bridgehead atoms. The van der Waals surface area contributed by atoms with Gasteiger partial charge >= 0.3 is 0 Å². The Hall–Kier alpha value is -1.94. The van der Waals surface area contributed by atoms with Gasteiger partial charge in [0, 0.05) is 6.07 Å². The van der Waals surface area contributed by atoms with Gasteiger partial charge in [-0.2, -0.15) is 5.26 Å². The lowest BCUT2D eigenvalue weighted by Crippen LogP contribution is -2.48. The van der Waals surface area contributed by atoms with Crippen LogP contribution in [0.25, 0.3) is 0 Å². The summed E-state index contributed by atoms with van der Waals surface area (Å²) < 4.78 is 0.136. The van der Waals surface area contributed by atoms with Crippen molar-refractivity contribution in [2.45, 2.75) is 37.6 Å². The zero-order valence-electron chi connectivity index (χ0n) is 11.3. The number of nitrogens with one attached hydrogen (secondary N) is 1. The summed E-state index contributed by atoms with van der Waals surface area (Å²) in [6.45, 7) is 0. The van der Waals surface area contributed by atoms with E-state index in [4.69, 9.17) is 0 Å². The first kappa shape index (κ1) is 15.4. The minimum absolute atomic E-state index is 0.136. The average molecular weight is 352 g/mol. The predicted octanol–water partition coefficient (Wildman–Crippen LogP) is 3.31. The molecule has 0 aliphatic heterocycles. The van der Waals surface area contributed by atoms with Gasteiger partial charge in [-0.3, -0.25) is 14.9 Å². The van der Waals surface area contributed by atoms with Crippen molar-refractivity contribution in [2.24, 2.45) is 0 Å². The lowest BCUT2D eigenvalue weighted by Gasteiger charge is -2.31. The Labute approximate surface area is 130 Å². The van der Waals surface area contributed by atoms with E-state index in [1.807, 2.05) is 0 Å². The van der Waals surface area contributed by atoms with Crippen molar-refractivity contribution in [3.63, 3.8) is 0 Å². The smallest absolute Gasteiger partial charge is 0.284 e. The summed E-state index contributed by atoms with van der Waals surface area (Å²) in [4.78, 5) is 22.7. The third-order valence-electron chi connectivity index (χ3n) is 3.69. The van der Waals surface area contributed by atoms with E-state index < -0.39 is 16.4 Å². The summed E-state index contributed by atoms with van der Waals surface area (Å²) in [5, 5.41) is 23.0. The van der Waals surface area contributed by atoms with Crippen LogP contribution in [0.5, 0.6) is 0 Å². The summed E-state index contributed by atoms with van der Waals surface area (Å²) in [6, 6.07) is 6.47. The Bertz CT molecular complexity index is 618. The topological polar surface area (TPSA) is 96.0 Å². The number of carbonyl (C=O) groups excluding carboxylic acids is 1. The number of hydrogen-bond acceptors (Lipinski definition) is 4. The minimum atomic E-state index is -0.862. The number of nitro groups is 1. The first-order valence-corrected chi connectivity index (χ1v) is 7.45. The van der Waals surface area contributed by atoms with Gasteiger partial charge in [-0.05, 0) is 34.8 Å². The van der Waals surface area contributed by atoms with E-state index in [1.54, 1.807) is 0 Å². The lowest BCUT2D eigenvalue weighted by atomic mass is 9.82. The van der Waals surface area contributed by atoms with Crippen LogP contribution in [0.2, 0.25) is 0 Å². The molecule has 110 valence electrons. The molecule has 0 radical (unpaired) electrons. The molecule has 1 aliphatic rings. The molecule has 1 aromatic carbocycles. The van der Waals surface area contributed by atoms with Crippen molar-refractivity contribution < 1.29 is 9.72 Å². The van der Waals surface area contributed by atoms with Crippen molar-refractivity contribution in [1.29, 1.82) is 5.26 Å². The average Bonchev–Trinajstić information content (AvgIpc) is 2.48. The summed E-state index contributed by atoms with van der Waals surface area (Å²) >= 11 is 3.10. The fourth-order valence-electron chi connectivity index (χ4n) is 2.54. The predicted molar refractivity (Wildman–Crippen MR) is 79.7 cm³/mol. The molecular formula is C14H14BrN3O3. The van der Waals surface area contributed by atoms with Gasteiger partial charge in [-0.15, -0.1) is 0 Å². The first-order chi connectivity index (χ1) is 9.99. The first-order valence-electron chi connectivity index (χ1n) is 6.66. The van der Waals surface area contributed by atoms with Crippen LogP contribution >= 0.6 is 15.9 Å². The second-order valence-corrected chi connectivity index (χ2v) is 5.90. The van der Waals surface area contributed by atoms with Crippen LogP contribution in [0.1, 0.15) is 42.5 Å². The number of rotatable bonds is 3. The number of amides is 1. The normalized spacial score (nSPS) is 16.8. The molecule has 1 fully saturated rings. The van der Waals surface area contributed by atoms with Gasteiger partial charge in [0.15, 0.2) is 0 Å². The fourth-order valence-corrected chi connectivity index (χ4v) is 3.13. The quantitative estimate of drug-likeness (QED) is 0.667. The third kappa shape index (κ3) is 3.22. The molecule has 1 amide bonds. The van der Waals surface area contributed by atoms with Crippen LogP contribution in [-0.2, 0) is 0 Å². The third-order valence-corrected chi connectivity index (χ3v) is 4.53. The molecule has 21 heavy (non-hydrogen) atoms. The fraction of sp³-hybridized carbons (Fsp3) is 0.429. The van der Waals surface area contributed by atoms with Crippen LogP contribution in [-0.4, -0.2) is 16.4 Å². The summed E-state index contributed by atoms with van der Waals surface area (Å²) in [7, 11) is 0. The SMILES string of the molecule is N#CC1(NC(=O)c2cccc([N+](=O)[O-])c2Br)CCCCC1. The van der Waals surface area contributed by atoms with E-state index in [-0.39, 0.29) is 15.7 Å². The molecule has 0 saturated heterocycles. The number of benzene rings is 1. The standard InChI is InChI=1S/C14H14BrN3O3/c15-12-10(5-4-6-11(12)18(20)21)13(19)17-14(9-16)7-2-1-3-8-14/h4-6H,1-3,7-8H2,(H,17,19). The molecule has 1 N–H and O–H groups in total. The second-order valence-electron chi connectivity index (χ2n) is 5.10. The number of nitro benzene ring substituents is 1. The Morgan fingerprint density at radius 1 is 1.38 bits per heavy atom. The molecule has 6 nitrogen and oxygen atoms in total. The highest BCUT2D eigenvalue weighted by Gasteiger charge is 2.34. The highest BCUT2D eigenvalue weighted by molar-refractivity contribution is 9.10. The van der Waals surface area contributed by atoms with Gasteiger partial charge in [-0.25, -0.2) is 0 Å². The summed E-state index contributed by atoms with van der Waals surface area (Å²) in [6.07, 6.45) is 4.07. The molecule has 7 heteroatoms. The van der Waals surface area contributed by atoms with Gasteiger partial charge in [0.2, 0.25) is 0 Å². The van der Waals surface area contributed by atoms with Crippen molar-refractivity contribution in [2.75, 3.05) is 0 Å². The molecule has 2 rings (SSSR count). The van der Waals surface area contributed by atoms with Crippen LogP contribution < -0.4 is 5.32 Å². The largest absolute Gasteiger partial charge is 0.334 e. The molecule has 0 spiro atoms. The summed E-state index contributed by atoms with van der Waals surface area (Å²) in [5.74, 6) is -0.464. The van der Waals surface area contributed by atoms with Crippen LogP contribution in [0.3, 0.4) is 0 Å². The van der Waals surface area contributed by atoms with Gasteiger partial charge in [0.05, 0.1) is 16.6 Å². The number of carbonyl (C=O) groups is 1. The van der Waals surface area contributed by atoms with E-state index >= 15 is 0 Å². The molecular weight excluding hydrogens is 338 g/mol. The number of halogens is 1. The zero-order valence-corrected chi connectivity index (χ0v) is 12.9. The van der Waals surface area contributed by atoms with E-state index in [0.29, 0.717) is 12.8 Å². The molecule has 0 unspecified atom stereocenters. The molecule has 1 aromatic rings. The zero-order chi connectivity index (χ0) is 15.5. The number of nitrogens with zero attached hydrogens (tertiary/aromatic N) is 2. The minimum Gasteiger partial charge on any atom is -0.334 e. The lowest BCUT2D eigenvalue weighted by molar-refractivity contribution is -0.385. The van der Waals surface area contributed by atoms with E-state index in [0.717, 1.165) is 19.3 Å². The van der Waals surface area contributed by atoms with Gasteiger partial charge in [0.25, 0.3) is 11.6 Å². The van der Waals surface area contributed by atoms with Crippen LogP contribution in [0.15, 0.2) is 22.7 Å². The van der Waals surface area contributed by atoms with Crippen LogP contribution in [0, 0.1) is 21.4 Å². The molecule has 0 heterocycles. The molecule has 1 saturated carbocycles.